The summed E-state index contributed by atoms with van der Waals surface area (Å²) in [7, 11) is 2.15. The Hall–Kier alpha value is -1.76. The van der Waals surface area contributed by atoms with Gasteiger partial charge in [0.2, 0.25) is 0 Å². The molecule has 1 aliphatic heterocycles. The summed E-state index contributed by atoms with van der Waals surface area (Å²) >= 11 is 0. The minimum Gasteiger partial charge on any atom is -0.377 e. The maximum Gasteiger partial charge on any atom is 0.0978 e. The number of likely N-dealkylation sites (N-methyl/N-ethyl adjacent to an activating group) is 1. The Labute approximate surface area is 180 Å². The summed E-state index contributed by atoms with van der Waals surface area (Å²) < 4.78 is 24.0. The van der Waals surface area contributed by atoms with Crippen LogP contribution in [0, 0.1) is 0 Å². The van der Waals surface area contributed by atoms with Gasteiger partial charge in [-0.15, -0.1) is 0 Å². The van der Waals surface area contributed by atoms with Crippen molar-refractivity contribution in [1.82, 2.24) is 4.90 Å². The highest BCUT2D eigenvalue weighted by molar-refractivity contribution is 5.21. The van der Waals surface area contributed by atoms with E-state index in [2.05, 4.69) is 74.3 Å². The molecule has 0 aromatic heterocycles. The van der Waals surface area contributed by atoms with Gasteiger partial charge in [-0.05, 0) is 32.0 Å². The van der Waals surface area contributed by atoms with E-state index in [1.807, 2.05) is 12.1 Å². The van der Waals surface area contributed by atoms with Crippen molar-refractivity contribution >= 4 is 0 Å². The van der Waals surface area contributed by atoms with E-state index in [-0.39, 0.29) is 24.3 Å². The lowest BCUT2D eigenvalue weighted by molar-refractivity contribution is -0.0627. The summed E-state index contributed by atoms with van der Waals surface area (Å²) in [5, 5.41) is 0. The number of nitrogens with zero attached hydrogens (tertiary/aromatic N) is 1. The van der Waals surface area contributed by atoms with Crippen molar-refractivity contribution < 1.29 is 18.9 Å². The lowest BCUT2D eigenvalue weighted by Crippen LogP contribution is -2.44. The molecule has 0 amide bonds. The standard InChI is InChI=1S/C25H35NO4/c1-20-24(22-10-6-4-7-11-22)29-18-16-27-14-15-28-17-19-30-25(21(2)26(20)3)23-12-8-5-9-13-23/h4-13,20-21,24-25H,14-19H2,1-3H3/t20-,21-,24-,25-/m0/s1. The van der Waals surface area contributed by atoms with Crippen LogP contribution >= 0.6 is 0 Å². The van der Waals surface area contributed by atoms with Crippen LogP contribution < -0.4 is 0 Å². The first-order valence-electron chi connectivity index (χ1n) is 10.9. The van der Waals surface area contributed by atoms with Gasteiger partial charge in [0.05, 0.1) is 51.8 Å². The maximum atomic E-state index is 6.33. The van der Waals surface area contributed by atoms with Crippen LogP contribution in [0.1, 0.15) is 37.2 Å². The third-order valence-electron chi connectivity index (χ3n) is 5.84. The fraction of sp³-hybridized carbons (Fsp3) is 0.520. The smallest absolute Gasteiger partial charge is 0.0978 e. The molecular weight excluding hydrogens is 378 g/mol. The first-order valence-corrected chi connectivity index (χ1v) is 10.9. The normalized spacial score (nSPS) is 28.4. The number of hydrogen-bond donors (Lipinski definition) is 0. The Kier molecular flexibility index (Phi) is 9.30. The molecule has 1 heterocycles. The zero-order valence-corrected chi connectivity index (χ0v) is 18.4. The fourth-order valence-corrected chi connectivity index (χ4v) is 3.90. The largest absolute Gasteiger partial charge is 0.377 e. The van der Waals surface area contributed by atoms with Gasteiger partial charge in [-0.25, -0.2) is 0 Å². The molecule has 0 radical (unpaired) electrons. The quantitative estimate of drug-likeness (QED) is 0.736. The van der Waals surface area contributed by atoms with Gasteiger partial charge in [-0.2, -0.15) is 0 Å². The van der Waals surface area contributed by atoms with Crippen molar-refractivity contribution in [3.63, 3.8) is 0 Å². The molecule has 4 atom stereocenters. The second-order valence-electron chi connectivity index (χ2n) is 7.78. The van der Waals surface area contributed by atoms with Crippen LogP contribution in [0.3, 0.4) is 0 Å². The van der Waals surface area contributed by atoms with E-state index in [0.29, 0.717) is 39.6 Å². The minimum atomic E-state index is -0.0555. The predicted molar refractivity (Wildman–Crippen MR) is 119 cm³/mol. The molecule has 1 saturated heterocycles. The lowest BCUT2D eigenvalue weighted by atomic mass is 9.97. The Morgan fingerprint density at radius 3 is 1.37 bits per heavy atom. The van der Waals surface area contributed by atoms with Gasteiger partial charge in [-0.3, -0.25) is 4.90 Å². The van der Waals surface area contributed by atoms with Crippen molar-refractivity contribution in [2.45, 2.75) is 38.1 Å². The van der Waals surface area contributed by atoms with Crippen LogP contribution in [0.2, 0.25) is 0 Å². The van der Waals surface area contributed by atoms with Gasteiger partial charge in [-0.1, -0.05) is 60.7 Å². The average molecular weight is 414 g/mol. The highest BCUT2D eigenvalue weighted by Crippen LogP contribution is 2.30. The summed E-state index contributed by atoms with van der Waals surface area (Å²) in [6.07, 6.45) is -0.111. The molecule has 0 N–H and O–H groups in total. The third kappa shape index (κ3) is 6.37. The van der Waals surface area contributed by atoms with Crippen LogP contribution in [0.25, 0.3) is 0 Å². The first-order chi connectivity index (χ1) is 14.7. The van der Waals surface area contributed by atoms with E-state index in [1.165, 1.54) is 11.1 Å². The lowest BCUT2D eigenvalue weighted by Gasteiger charge is -2.39. The second-order valence-corrected chi connectivity index (χ2v) is 7.78. The highest BCUT2D eigenvalue weighted by atomic mass is 16.6. The van der Waals surface area contributed by atoms with Gasteiger partial charge < -0.3 is 18.9 Å². The van der Waals surface area contributed by atoms with E-state index in [0.717, 1.165) is 0 Å². The van der Waals surface area contributed by atoms with E-state index in [4.69, 9.17) is 18.9 Å². The van der Waals surface area contributed by atoms with Gasteiger partial charge in [0.25, 0.3) is 0 Å². The highest BCUT2D eigenvalue weighted by Gasteiger charge is 2.31. The number of hydrogen-bond acceptors (Lipinski definition) is 5. The topological polar surface area (TPSA) is 40.2 Å². The Balaban J connectivity index is 1.84. The molecule has 1 fully saturated rings. The number of rotatable bonds is 2. The van der Waals surface area contributed by atoms with Crippen LogP contribution in [0.15, 0.2) is 60.7 Å². The molecule has 0 bridgehead atoms. The molecule has 0 spiro atoms. The Morgan fingerprint density at radius 2 is 0.967 bits per heavy atom. The van der Waals surface area contributed by atoms with E-state index in [9.17, 15) is 0 Å². The molecule has 0 saturated carbocycles. The van der Waals surface area contributed by atoms with Crippen LogP contribution in [-0.4, -0.2) is 63.7 Å². The van der Waals surface area contributed by atoms with Crippen LogP contribution in [0.4, 0.5) is 0 Å². The van der Waals surface area contributed by atoms with Gasteiger partial charge >= 0.3 is 0 Å². The molecule has 3 rings (SSSR count). The van der Waals surface area contributed by atoms with E-state index >= 15 is 0 Å². The number of benzene rings is 2. The molecule has 0 unspecified atom stereocenters. The molecule has 5 heteroatoms. The molecule has 0 aliphatic carbocycles. The van der Waals surface area contributed by atoms with E-state index < -0.39 is 0 Å². The molecule has 164 valence electrons. The molecule has 5 nitrogen and oxygen atoms in total. The third-order valence-corrected chi connectivity index (χ3v) is 5.84. The Morgan fingerprint density at radius 1 is 0.600 bits per heavy atom. The minimum absolute atomic E-state index is 0.0555. The average Bonchev–Trinajstić information content (AvgIpc) is 2.79. The summed E-state index contributed by atoms with van der Waals surface area (Å²) in [5.74, 6) is 0. The van der Waals surface area contributed by atoms with Crippen molar-refractivity contribution in [2.75, 3.05) is 46.7 Å². The van der Waals surface area contributed by atoms with Crippen molar-refractivity contribution in [1.29, 1.82) is 0 Å². The molecule has 1 aliphatic rings. The SMILES string of the molecule is C[C@H]1[C@@H](c2ccccc2)OCCOCCOCCO[C@H](c2ccccc2)[C@H](C)N1C. The summed E-state index contributed by atoms with van der Waals surface area (Å²) in [5.41, 5.74) is 2.35. The molecule has 30 heavy (non-hydrogen) atoms. The van der Waals surface area contributed by atoms with E-state index in [1.54, 1.807) is 0 Å². The molecular formula is C25H35NO4. The summed E-state index contributed by atoms with van der Waals surface area (Å²) in [6, 6.07) is 21.2. The van der Waals surface area contributed by atoms with Gasteiger partial charge in [0.15, 0.2) is 0 Å². The predicted octanol–water partition coefficient (Wildman–Crippen LogP) is 4.26. The van der Waals surface area contributed by atoms with Crippen molar-refractivity contribution in [2.24, 2.45) is 0 Å². The Bertz CT molecular complexity index is 650. The first kappa shape index (κ1) is 22.9. The second kappa shape index (κ2) is 12.2. The van der Waals surface area contributed by atoms with Crippen molar-refractivity contribution in [3.8, 4) is 0 Å². The summed E-state index contributed by atoms with van der Waals surface area (Å²) in [6.45, 7) is 7.77. The summed E-state index contributed by atoms with van der Waals surface area (Å²) in [4.78, 5) is 2.36. The van der Waals surface area contributed by atoms with Crippen molar-refractivity contribution in [3.05, 3.63) is 71.8 Å². The molecule has 2 aromatic carbocycles. The molecule has 2 aromatic rings. The van der Waals surface area contributed by atoms with Gasteiger partial charge in [0.1, 0.15) is 0 Å². The monoisotopic (exact) mass is 413 g/mol. The van der Waals surface area contributed by atoms with Crippen LogP contribution in [-0.2, 0) is 18.9 Å². The fourth-order valence-electron chi connectivity index (χ4n) is 3.90. The van der Waals surface area contributed by atoms with Crippen LogP contribution in [0.5, 0.6) is 0 Å². The number of ether oxygens (including phenoxy) is 4. The zero-order valence-electron chi connectivity index (χ0n) is 18.4. The zero-order chi connectivity index (χ0) is 21.2. The maximum absolute atomic E-state index is 6.33. The van der Waals surface area contributed by atoms with Gasteiger partial charge in [0, 0.05) is 12.1 Å².